The van der Waals surface area contributed by atoms with Gasteiger partial charge >= 0.3 is 11.7 Å². The number of aromatic nitrogens is 3. The van der Waals surface area contributed by atoms with Crippen LogP contribution in [0.15, 0.2) is 47.5 Å². The van der Waals surface area contributed by atoms with E-state index in [2.05, 4.69) is 15.0 Å². The van der Waals surface area contributed by atoms with Crippen LogP contribution in [0.3, 0.4) is 0 Å². The minimum Gasteiger partial charge on any atom is -0.490 e. The van der Waals surface area contributed by atoms with E-state index in [1.165, 1.54) is 22.2 Å². The molecule has 10 heteroatoms. The number of nitrogens with zero attached hydrogens (tertiary/aromatic N) is 3. The van der Waals surface area contributed by atoms with Gasteiger partial charge in [-0.3, -0.25) is 14.2 Å². The standard InChI is InChI=1S/C18H17ClN4O5/c1-12(24)28-10-17(25)21-16-7-6-15-20-11-22(18(26)23(15)16)8-9-27-14-5-3-2-4-13(14)19/h2-7,11H,8-10H2,1H3,(H,21,25). The summed E-state index contributed by atoms with van der Waals surface area (Å²) in [6.45, 7) is 1.19. The molecule has 0 radical (unpaired) electrons. The molecule has 0 unspecified atom stereocenters. The molecule has 146 valence electrons. The molecular weight excluding hydrogens is 388 g/mol. The van der Waals surface area contributed by atoms with Gasteiger partial charge in [-0.25, -0.2) is 14.2 Å². The molecule has 0 atom stereocenters. The average Bonchev–Trinajstić information content (AvgIpc) is 3.07. The zero-order chi connectivity index (χ0) is 20.1. The van der Waals surface area contributed by atoms with E-state index in [0.29, 0.717) is 16.4 Å². The lowest BCUT2D eigenvalue weighted by Gasteiger charge is -2.10. The number of anilines is 1. The highest BCUT2D eigenvalue weighted by molar-refractivity contribution is 6.32. The normalized spacial score (nSPS) is 10.6. The van der Waals surface area contributed by atoms with Crippen molar-refractivity contribution >= 4 is 34.9 Å². The summed E-state index contributed by atoms with van der Waals surface area (Å²) < 4.78 is 12.8. The van der Waals surface area contributed by atoms with Gasteiger partial charge in [-0.05, 0) is 24.3 Å². The summed E-state index contributed by atoms with van der Waals surface area (Å²) in [5.41, 5.74) is -0.0309. The second kappa shape index (κ2) is 8.57. The van der Waals surface area contributed by atoms with Gasteiger partial charge in [-0.1, -0.05) is 23.7 Å². The third kappa shape index (κ3) is 4.49. The van der Waals surface area contributed by atoms with E-state index < -0.39 is 24.2 Å². The van der Waals surface area contributed by atoms with Gasteiger partial charge in [0, 0.05) is 6.92 Å². The number of ether oxygens (including phenoxy) is 2. The first-order chi connectivity index (χ1) is 13.5. The van der Waals surface area contributed by atoms with Crippen LogP contribution < -0.4 is 15.7 Å². The first-order valence-corrected chi connectivity index (χ1v) is 8.71. The van der Waals surface area contributed by atoms with E-state index in [1.807, 2.05) is 0 Å². The minimum atomic E-state index is -0.572. The number of para-hydroxylation sites is 1. The summed E-state index contributed by atoms with van der Waals surface area (Å²) in [5.74, 6) is -0.388. The lowest BCUT2D eigenvalue weighted by Crippen LogP contribution is -2.30. The molecular formula is C18H17ClN4O5. The van der Waals surface area contributed by atoms with Crippen molar-refractivity contribution in [3.63, 3.8) is 0 Å². The zero-order valence-corrected chi connectivity index (χ0v) is 15.7. The quantitative estimate of drug-likeness (QED) is 0.601. The number of fused-ring (bicyclic) bond motifs is 1. The van der Waals surface area contributed by atoms with Gasteiger partial charge in [-0.15, -0.1) is 0 Å². The van der Waals surface area contributed by atoms with Crippen LogP contribution >= 0.6 is 11.6 Å². The molecule has 0 saturated heterocycles. The van der Waals surface area contributed by atoms with Crippen molar-refractivity contribution in [1.82, 2.24) is 14.0 Å². The molecule has 2 aromatic heterocycles. The number of esters is 1. The highest BCUT2D eigenvalue weighted by atomic mass is 35.5. The van der Waals surface area contributed by atoms with E-state index in [9.17, 15) is 14.4 Å². The smallest absolute Gasteiger partial charge is 0.336 e. The molecule has 0 aliphatic rings. The maximum Gasteiger partial charge on any atom is 0.336 e. The highest BCUT2D eigenvalue weighted by Crippen LogP contribution is 2.22. The molecule has 28 heavy (non-hydrogen) atoms. The number of benzene rings is 1. The van der Waals surface area contributed by atoms with Crippen LogP contribution in [0.1, 0.15) is 6.92 Å². The average molecular weight is 405 g/mol. The van der Waals surface area contributed by atoms with Crippen molar-refractivity contribution in [2.75, 3.05) is 18.5 Å². The van der Waals surface area contributed by atoms with Crippen molar-refractivity contribution in [1.29, 1.82) is 0 Å². The van der Waals surface area contributed by atoms with Gasteiger partial charge in [0.25, 0.3) is 5.91 Å². The van der Waals surface area contributed by atoms with Gasteiger partial charge in [0.2, 0.25) is 0 Å². The van der Waals surface area contributed by atoms with Crippen LogP contribution in [0.4, 0.5) is 5.82 Å². The molecule has 3 aromatic rings. The molecule has 0 fully saturated rings. The van der Waals surface area contributed by atoms with Crippen molar-refractivity contribution < 1.29 is 19.1 Å². The Kier molecular flexibility index (Phi) is 5.95. The molecule has 0 aliphatic carbocycles. The number of rotatable bonds is 7. The topological polar surface area (TPSA) is 104 Å². The predicted molar refractivity (Wildman–Crippen MR) is 102 cm³/mol. The molecule has 2 heterocycles. The van der Waals surface area contributed by atoms with E-state index in [0.717, 1.165) is 0 Å². The number of amides is 1. The molecule has 1 amide bonds. The number of halogens is 1. The van der Waals surface area contributed by atoms with E-state index >= 15 is 0 Å². The maximum absolute atomic E-state index is 12.7. The number of hydrogen-bond acceptors (Lipinski definition) is 6. The second-order valence-corrected chi connectivity index (χ2v) is 6.15. The van der Waals surface area contributed by atoms with Gasteiger partial charge < -0.3 is 14.8 Å². The molecule has 0 spiro atoms. The summed E-state index contributed by atoms with van der Waals surface area (Å²) in [6, 6.07) is 10.2. The molecule has 0 saturated carbocycles. The molecule has 0 aliphatic heterocycles. The Bertz CT molecular complexity index is 1080. The van der Waals surface area contributed by atoms with Crippen LogP contribution in [0.5, 0.6) is 5.75 Å². The van der Waals surface area contributed by atoms with Crippen LogP contribution in [-0.4, -0.2) is 39.0 Å². The van der Waals surface area contributed by atoms with Crippen LogP contribution in [0, 0.1) is 0 Å². The van der Waals surface area contributed by atoms with E-state index in [1.54, 1.807) is 36.4 Å². The fraction of sp³-hybridized carbons (Fsp3) is 0.222. The van der Waals surface area contributed by atoms with Crippen molar-refractivity contribution in [2.45, 2.75) is 13.5 Å². The minimum absolute atomic E-state index is 0.201. The Morgan fingerprint density at radius 2 is 2.00 bits per heavy atom. The number of carbonyl (C=O) groups excluding carboxylic acids is 2. The van der Waals surface area contributed by atoms with Crippen LogP contribution in [0.2, 0.25) is 5.02 Å². The van der Waals surface area contributed by atoms with Crippen molar-refractivity contribution in [2.24, 2.45) is 0 Å². The Hall–Kier alpha value is -3.33. The SMILES string of the molecule is CC(=O)OCC(=O)Nc1ccc2ncn(CCOc3ccccc3Cl)c(=O)n12. The summed E-state index contributed by atoms with van der Waals surface area (Å²) in [6.07, 6.45) is 1.40. The van der Waals surface area contributed by atoms with E-state index in [4.69, 9.17) is 16.3 Å². The Morgan fingerprint density at radius 1 is 1.21 bits per heavy atom. The summed E-state index contributed by atoms with van der Waals surface area (Å²) >= 11 is 6.03. The third-order valence-corrected chi connectivity index (χ3v) is 4.04. The maximum atomic E-state index is 12.7. The van der Waals surface area contributed by atoms with Crippen LogP contribution in [-0.2, 0) is 20.9 Å². The third-order valence-electron chi connectivity index (χ3n) is 3.73. The first kappa shape index (κ1) is 19.4. The molecule has 3 rings (SSSR count). The molecule has 1 aromatic carbocycles. The Morgan fingerprint density at radius 3 is 2.75 bits per heavy atom. The molecule has 0 bridgehead atoms. The largest absolute Gasteiger partial charge is 0.490 e. The van der Waals surface area contributed by atoms with Crippen molar-refractivity contribution in [3.05, 3.63) is 58.2 Å². The summed E-state index contributed by atoms with van der Waals surface area (Å²) in [4.78, 5) is 39.6. The summed E-state index contributed by atoms with van der Waals surface area (Å²) in [7, 11) is 0. The summed E-state index contributed by atoms with van der Waals surface area (Å²) in [5, 5.41) is 3.00. The number of carbonyl (C=O) groups is 2. The predicted octanol–water partition coefficient (Wildman–Crippen LogP) is 1.73. The number of nitrogens with one attached hydrogen (secondary N) is 1. The lowest BCUT2D eigenvalue weighted by atomic mass is 10.3. The Labute approximate surface area is 164 Å². The molecule has 1 N–H and O–H groups in total. The second-order valence-electron chi connectivity index (χ2n) is 5.74. The van der Waals surface area contributed by atoms with Gasteiger partial charge in [0.15, 0.2) is 6.61 Å². The van der Waals surface area contributed by atoms with Gasteiger partial charge in [0.1, 0.15) is 30.1 Å². The van der Waals surface area contributed by atoms with E-state index in [-0.39, 0.29) is 19.0 Å². The fourth-order valence-corrected chi connectivity index (χ4v) is 2.64. The van der Waals surface area contributed by atoms with Crippen molar-refractivity contribution in [3.8, 4) is 5.75 Å². The fourth-order valence-electron chi connectivity index (χ4n) is 2.45. The van der Waals surface area contributed by atoms with Gasteiger partial charge in [0.05, 0.1) is 11.6 Å². The number of hydrogen-bond donors (Lipinski definition) is 1. The monoisotopic (exact) mass is 404 g/mol. The zero-order valence-electron chi connectivity index (χ0n) is 14.9. The van der Waals surface area contributed by atoms with Gasteiger partial charge in [-0.2, -0.15) is 0 Å². The lowest BCUT2D eigenvalue weighted by molar-refractivity contribution is -0.144. The molecule has 9 nitrogen and oxygen atoms in total. The highest BCUT2D eigenvalue weighted by Gasteiger charge is 2.12. The first-order valence-electron chi connectivity index (χ1n) is 8.33. The van der Waals surface area contributed by atoms with Crippen LogP contribution in [0.25, 0.3) is 5.65 Å². The Balaban J connectivity index is 1.73.